The third-order valence-corrected chi connectivity index (χ3v) is 6.16. The maximum atomic E-state index is 14.3. The van der Waals surface area contributed by atoms with Crippen LogP contribution in [0.25, 0.3) is 34.0 Å². The first-order valence-electron chi connectivity index (χ1n) is 12.0. The summed E-state index contributed by atoms with van der Waals surface area (Å²) in [6, 6.07) is 6.72. The van der Waals surface area contributed by atoms with Gasteiger partial charge in [-0.2, -0.15) is 18.3 Å². The fourth-order valence-corrected chi connectivity index (χ4v) is 4.11. The van der Waals surface area contributed by atoms with Crippen molar-refractivity contribution in [1.29, 1.82) is 0 Å². The molecule has 0 spiro atoms. The summed E-state index contributed by atoms with van der Waals surface area (Å²) in [4.78, 5) is 10.5. The van der Waals surface area contributed by atoms with Gasteiger partial charge in [-0.25, -0.2) is 9.97 Å². The molecule has 202 valence electrons. The Hall–Kier alpha value is -3.44. The molecule has 0 amide bonds. The van der Waals surface area contributed by atoms with Crippen LogP contribution in [0, 0.1) is 5.92 Å². The normalized spacial score (nSPS) is 12.1. The van der Waals surface area contributed by atoms with Gasteiger partial charge in [-0.05, 0) is 38.6 Å². The number of benzene rings is 1. The molecule has 1 aromatic carbocycles. The molecule has 0 atom stereocenters. The van der Waals surface area contributed by atoms with Crippen LogP contribution in [0.15, 0.2) is 47.4 Å². The van der Waals surface area contributed by atoms with Crippen LogP contribution in [0.2, 0.25) is 5.02 Å². The number of hydrogen-bond acceptors (Lipinski definition) is 7. The lowest BCUT2D eigenvalue weighted by Gasteiger charge is -2.14. The van der Waals surface area contributed by atoms with E-state index in [0.29, 0.717) is 30.9 Å². The van der Waals surface area contributed by atoms with Crippen LogP contribution in [0.4, 0.5) is 13.2 Å². The van der Waals surface area contributed by atoms with Gasteiger partial charge >= 0.3 is 6.18 Å². The van der Waals surface area contributed by atoms with Gasteiger partial charge in [0, 0.05) is 31.0 Å². The van der Waals surface area contributed by atoms with Crippen LogP contribution < -0.4 is 4.74 Å². The van der Waals surface area contributed by atoms with Crippen molar-refractivity contribution in [2.45, 2.75) is 33.0 Å². The van der Waals surface area contributed by atoms with Crippen LogP contribution in [-0.2, 0) is 12.7 Å². The fourth-order valence-electron chi connectivity index (χ4n) is 3.84. The van der Waals surface area contributed by atoms with Gasteiger partial charge in [0.05, 0.1) is 22.3 Å². The molecule has 0 bridgehead atoms. The van der Waals surface area contributed by atoms with Crippen molar-refractivity contribution in [2.24, 2.45) is 5.92 Å². The van der Waals surface area contributed by atoms with E-state index in [1.165, 1.54) is 12.4 Å². The van der Waals surface area contributed by atoms with Crippen LogP contribution in [0.5, 0.6) is 5.75 Å². The maximum Gasteiger partial charge on any atom is 0.433 e. The summed E-state index contributed by atoms with van der Waals surface area (Å²) in [7, 11) is 3.84. The molecule has 0 radical (unpaired) electrons. The van der Waals surface area contributed by atoms with Crippen molar-refractivity contribution in [3.8, 4) is 39.7 Å². The van der Waals surface area contributed by atoms with Crippen molar-refractivity contribution in [3.05, 3.63) is 53.6 Å². The minimum absolute atomic E-state index is 0.100. The van der Waals surface area contributed by atoms with Gasteiger partial charge in [0.25, 0.3) is 0 Å². The molecule has 38 heavy (non-hydrogen) atoms. The highest BCUT2D eigenvalue weighted by atomic mass is 35.5. The zero-order valence-electron chi connectivity index (χ0n) is 21.5. The molecule has 4 aromatic rings. The van der Waals surface area contributed by atoms with E-state index in [-0.39, 0.29) is 45.9 Å². The molecule has 12 heteroatoms. The van der Waals surface area contributed by atoms with Gasteiger partial charge in [-0.15, -0.1) is 0 Å². The molecule has 0 fully saturated rings. The highest BCUT2D eigenvalue weighted by Crippen LogP contribution is 2.46. The Morgan fingerprint density at radius 1 is 1.11 bits per heavy atom. The SMILES string of the molecule is CC(C)CCn1ncc(-c2onc(-c3cccc(OCCN(C)C)c3Cl)c2-c2ncccn2)c1C(F)(F)F. The molecule has 3 aromatic heterocycles. The van der Waals surface area contributed by atoms with E-state index in [0.717, 1.165) is 10.9 Å². The molecule has 0 N–H and O–H groups in total. The number of aromatic nitrogens is 5. The summed E-state index contributed by atoms with van der Waals surface area (Å²) < 4.78 is 55.3. The summed E-state index contributed by atoms with van der Waals surface area (Å²) >= 11 is 6.69. The lowest BCUT2D eigenvalue weighted by Crippen LogP contribution is -2.19. The number of aryl methyl sites for hydroxylation is 1. The van der Waals surface area contributed by atoms with E-state index in [2.05, 4.69) is 20.2 Å². The van der Waals surface area contributed by atoms with Gasteiger partial charge in [-0.1, -0.05) is 42.7 Å². The van der Waals surface area contributed by atoms with E-state index in [1.54, 1.807) is 24.3 Å². The van der Waals surface area contributed by atoms with Gasteiger partial charge < -0.3 is 14.2 Å². The predicted octanol–water partition coefficient (Wildman–Crippen LogP) is 6.32. The molecule has 0 aliphatic heterocycles. The van der Waals surface area contributed by atoms with Crippen LogP contribution in [-0.4, -0.2) is 57.1 Å². The highest BCUT2D eigenvalue weighted by Gasteiger charge is 2.41. The first kappa shape index (κ1) is 27.6. The highest BCUT2D eigenvalue weighted by molar-refractivity contribution is 6.35. The first-order valence-corrected chi connectivity index (χ1v) is 12.4. The van der Waals surface area contributed by atoms with Crippen LogP contribution in [0.1, 0.15) is 26.0 Å². The summed E-state index contributed by atoms with van der Waals surface area (Å²) in [5.74, 6) is 0.595. The zero-order chi connectivity index (χ0) is 27.4. The van der Waals surface area contributed by atoms with E-state index in [4.69, 9.17) is 20.9 Å². The maximum absolute atomic E-state index is 14.3. The summed E-state index contributed by atoms with van der Waals surface area (Å²) in [6.07, 6.45) is -0.0502. The Balaban J connectivity index is 1.87. The molecular formula is C26H28ClF3N6O2. The molecule has 8 nitrogen and oxygen atoms in total. The van der Waals surface area contributed by atoms with Crippen molar-refractivity contribution in [1.82, 2.24) is 29.8 Å². The topological polar surface area (TPSA) is 82.1 Å². The third kappa shape index (κ3) is 5.99. The number of nitrogens with zero attached hydrogens (tertiary/aromatic N) is 6. The smallest absolute Gasteiger partial charge is 0.433 e. The summed E-state index contributed by atoms with van der Waals surface area (Å²) in [5.41, 5.74) is -0.404. The predicted molar refractivity (Wildman–Crippen MR) is 138 cm³/mol. The molecule has 0 aliphatic rings. The molecule has 0 unspecified atom stereocenters. The van der Waals surface area contributed by atoms with E-state index in [9.17, 15) is 13.2 Å². The Morgan fingerprint density at radius 3 is 2.50 bits per heavy atom. The minimum Gasteiger partial charge on any atom is -0.491 e. The Morgan fingerprint density at radius 2 is 1.84 bits per heavy atom. The van der Waals surface area contributed by atoms with Gasteiger partial charge in [-0.3, -0.25) is 4.68 Å². The Labute approximate surface area is 223 Å². The molecule has 0 saturated carbocycles. The number of ether oxygens (including phenoxy) is 1. The van der Waals surface area contributed by atoms with Crippen LogP contribution >= 0.6 is 11.6 Å². The number of alkyl halides is 3. The lowest BCUT2D eigenvalue weighted by molar-refractivity contribution is -0.143. The molecule has 0 aliphatic carbocycles. The number of likely N-dealkylation sites (N-methyl/N-ethyl adjacent to an activating group) is 1. The second-order valence-corrected chi connectivity index (χ2v) is 9.77. The van der Waals surface area contributed by atoms with E-state index < -0.39 is 11.9 Å². The molecular weight excluding hydrogens is 521 g/mol. The summed E-state index contributed by atoms with van der Waals surface area (Å²) in [6.45, 7) is 5.03. The standard InChI is InChI=1S/C26H28ClF3N6O2/c1-16(2)9-12-36-24(26(28,29)30)18(15-33-36)23-20(25-31-10-6-11-32-25)22(34-38-23)17-7-5-8-19(21(17)27)37-14-13-35(3)4/h5-8,10-11,15-16H,9,12-14H2,1-4H3. The third-order valence-electron chi connectivity index (χ3n) is 5.77. The summed E-state index contributed by atoms with van der Waals surface area (Å²) in [5, 5.41) is 8.44. The van der Waals surface area contributed by atoms with Crippen LogP contribution in [0.3, 0.4) is 0 Å². The quantitative estimate of drug-likeness (QED) is 0.229. The average molecular weight is 549 g/mol. The largest absolute Gasteiger partial charge is 0.491 e. The van der Waals surface area contributed by atoms with Crippen molar-refractivity contribution < 1.29 is 22.4 Å². The fraction of sp³-hybridized carbons (Fsp3) is 0.385. The number of halogens is 4. The zero-order valence-corrected chi connectivity index (χ0v) is 22.2. The average Bonchev–Trinajstić information content (AvgIpc) is 3.48. The first-order chi connectivity index (χ1) is 18.1. The van der Waals surface area contributed by atoms with Crippen molar-refractivity contribution in [2.75, 3.05) is 27.2 Å². The lowest BCUT2D eigenvalue weighted by atomic mass is 10.0. The van der Waals surface area contributed by atoms with E-state index in [1.807, 2.05) is 32.8 Å². The second kappa shape index (κ2) is 11.5. The number of rotatable bonds is 10. The van der Waals surface area contributed by atoms with Crippen molar-refractivity contribution in [3.63, 3.8) is 0 Å². The van der Waals surface area contributed by atoms with Crippen molar-refractivity contribution >= 4 is 11.6 Å². The minimum atomic E-state index is -4.69. The van der Waals surface area contributed by atoms with Gasteiger partial charge in [0.15, 0.2) is 17.3 Å². The Kier molecular flexibility index (Phi) is 8.37. The number of hydrogen-bond donors (Lipinski definition) is 0. The van der Waals surface area contributed by atoms with Gasteiger partial charge in [0.2, 0.25) is 0 Å². The monoisotopic (exact) mass is 548 g/mol. The molecule has 0 saturated heterocycles. The molecule has 4 rings (SSSR count). The van der Waals surface area contributed by atoms with Gasteiger partial charge in [0.1, 0.15) is 18.1 Å². The van der Waals surface area contributed by atoms with E-state index >= 15 is 0 Å². The Bertz CT molecular complexity index is 1370. The second-order valence-electron chi connectivity index (χ2n) is 9.39. The molecule has 3 heterocycles.